The molecule has 2 aliphatic carbocycles. The fourth-order valence-electron chi connectivity index (χ4n) is 4.44. The largest absolute Gasteiger partial charge is 0.392 e. The second-order valence-electron chi connectivity index (χ2n) is 6.72. The van der Waals surface area contributed by atoms with E-state index in [0.717, 1.165) is 32.4 Å². The van der Waals surface area contributed by atoms with Gasteiger partial charge in [-0.3, -0.25) is 0 Å². The lowest BCUT2D eigenvalue weighted by molar-refractivity contribution is -0.132. The maximum atomic E-state index is 10.3. The summed E-state index contributed by atoms with van der Waals surface area (Å²) in [4.78, 5) is 0. The van der Waals surface area contributed by atoms with Gasteiger partial charge in [0.2, 0.25) is 0 Å². The van der Waals surface area contributed by atoms with Gasteiger partial charge in [-0.2, -0.15) is 0 Å². The van der Waals surface area contributed by atoms with Crippen LogP contribution in [0.3, 0.4) is 0 Å². The van der Waals surface area contributed by atoms with Gasteiger partial charge in [0.1, 0.15) is 0 Å². The number of aliphatic hydroxyl groups is 1. The molecule has 2 aliphatic rings. The lowest BCUT2D eigenvalue weighted by atomic mass is 9.60. The van der Waals surface area contributed by atoms with Gasteiger partial charge in [0, 0.05) is 24.6 Å². The number of hydrogen-bond donors (Lipinski definition) is 2. The van der Waals surface area contributed by atoms with Crippen LogP contribution in [0.25, 0.3) is 0 Å². The fourth-order valence-corrected chi connectivity index (χ4v) is 4.44. The molecule has 2 fully saturated rings. The zero-order valence-corrected chi connectivity index (χ0v) is 13.5. The molecule has 3 atom stereocenters. The second kappa shape index (κ2) is 7.24. The second-order valence-corrected chi connectivity index (χ2v) is 6.72. The summed E-state index contributed by atoms with van der Waals surface area (Å²) in [6.07, 6.45) is 8.81. The summed E-state index contributed by atoms with van der Waals surface area (Å²) in [5.74, 6) is 0.435. The van der Waals surface area contributed by atoms with Gasteiger partial charge in [-0.25, -0.2) is 0 Å². The van der Waals surface area contributed by atoms with E-state index < -0.39 is 0 Å². The molecule has 3 nitrogen and oxygen atoms in total. The zero-order chi connectivity index (χ0) is 14.6. The first-order valence-corrected chi connectivity index (χ1v) is 8.71. The highest BCUT2D eigenvalue weighted by Crippen LogP contribution is 2.54. The topological polar surface area (TPSA) is 41.5 Å². The number of rotatable bonds is 8. The molecule has 0 aliphatic heterocycles. The van der Waals surface area contributed by atoms with E-state index in [2.05, 4.69) is 26.1 Å². The molecule has 0 aromatic heterocycles. The van der Waals surface area contributed by atoms with Crippen molar-refractivity contribution in [3.8, 4) is 0 Å². The molecule has 1 spiro atoms. The van der Waals surface area contributed by atoms with Crippen LogP contribution in [0.1, 0.15) is 65.7 Å². The predicted octanol–water partition coefficient (Wildman–Crippen LogP) is 3.11. The highest BCUT2D eigenvalue weighted by Gasteiger charge is 2.56. The lowest BCUT2D eigenvalue weighted by Crippen LogP contribution is -2.63. The van der Waals surface area contributed by atoms with Gasteiger partial charge in [0.05, 0.1) is 12.2 Å². The Morgan fingerprint density at radius 2 is 1.85 bits per heavy atom. The quantitative estimate of drug-likeness (QED) is 0.719. The first kappa shape index (κ1) is 16.3. The molecule has 3 heteroatoms. The molecule has 20 heavy (non-hydrogen) atoms. The maximum Gasteiger partial charge on any atom is 0.0692 e. The van der Waals surface area contributed by atoms with Crippen molar-refractivity contribution < 1.29 is 9.84 Å². The highest BCUT2D eigenvalue weighted by molar-refractivity contribution is 5.10. The van der Waals surface area contributed by atoms with E-state index in [1.807, 2.05) is 0 Å². The van der Waals surface area contributed by atoms with Gasteiger partial charge in [0.25, 0.3) is 0 Å². The van der Waals surface area contributed by atoms with Crippen LogP contribution in [0, 0.1) is 11.3 Å². The third-order valence-corrected chi connectivity index (χ3v) is 5.85. The molecular formula is C17H33NO2. The Hall–Kier alpha value is -0.120. The van der Waals surface area contributed by atoms with E-state index >= 15 is 0 Å². The molecule has 0 amide bonds. The normalized spacial score (nSPS) is 29.9. The Balaban J connectivity index is 1.84. The number of hydrogen-bond acceptors (Lipinski definition) is 3. The average Bonchev–Trinajstić information content (AvgIpc) is 2.95. The summed E-state index contributed by atoms with van der Waals surface area (Å²) in [6.45, 7) is 8.02. The van der Waals surface area contributed by atoms with E-state index in [0.29, 0.717) is 23.5 Å². The summed E-state index contributed by atoms with van der Waals surface area (Å²) in [5, 5.41) is 13.9. The smallest absolute Gasteiger partial charge is 0.0692 e. The van der Waals surface area contributed by atoms with Crippen LogP contribution in [0.4, 0.5) is 0 Å². The van der Waals surface area contributed by atoms with Crippen LogP contribution in [0.2, 0.25) is 0 Å². The number of aliphatic hydroxyl groups excluding tert-OH is 1. The molecule has 0 bridgehead atoms. The molecule has 0 radical (unpaired) electrons. The van der Waals surface area contributed by atoms with Gasteiger partial charge in [0.15, 0.2) is 0 Å². The van der Waals surface area contributed by atoms with Crippen molar-refractivity contribution in [3.05, 3.63) is 0 Å². The minimum absolute atomic E-state index is 0.199. The molecule has 0 heterocycles. The summed E-state index contributed by atoms with van der Waals surface area (Å²) >= 11 is 0. The Labute approximate surface area is 124 Å². The third kappa shape index (κ3) is 3.05. The van der Waals surface area contributed by atoms with Crippen molar-refractivity contribution in [2.24, 2.45) is 11.3 Å². The van der Waals surface area contributed by atoms with Gasteiger partial charge in [-0.05, 0) is 32.1 Å². The van der Waals surface area contributed by atoms with Gasteiger partial charge in [-0.15, -0.1) is 0 Å². The predicted molar refractivity (Wildman–Crippen MR) is 82.8 cm³/mol. The first-order chi connectivity index (χ1) is 9.67. The molecule has 118 valence electrons. The van der Waals surface area contributed by atoms with Crippen molar-refractivity contribution in [1.82, 2.24) is 5.32 Å². The minimum atomic E-state index is -0.199. The summed E-state index contributed by atoms with van der Waals surface area (Å²) < 4.78 is 5.94. The third-order valence-electron chi connectivity index (χ3n) is 5.85. The van der Waals surface area contributed by atoms with Gasteiger partial charge < -0.3 is 15.2 Å². The van der Waals surface area contributed by atoms with E-state index in [9.17, 15) is 5.11 Å². The van der Waals surface area contributed by atoms with Crippen LogP contribution >= 0.6 is 0 Å². The van der Waals surface area contributed by atoms with E-state index in [1.54, 1.807) is 0 Å². The lowest BCUT2D eigenvalue weighted by Gasteiger charge is -2.54. The zero-order valence-electron chi connectivity index (χ0n) is 13.5. The molecule has 2 saturated carbocycles. The molecule has 3 unspecified atom stereocenters. The van der Waals surface area contributed by atoms with Crippen LogP contribution in [0.15, 0.2) is 0 Å². The molecule has 2 N–H and O–H groups in total. The minimum Gasteiger partial charge on any atom is -0.392 e. The fraction of sp³-hybridized carbons (Fsp3) is 1.00. The van der Waals surface area contributed by atoms with Crippen LogP contribution < -0.4 is 5.32 Å². The van der Waals surface area contributed by atoms with E-state index in [-0.39, 0.29) is 6.10 Å². The standard InChI is InChI=1S/C17H33NO2/c1-4-13(5-2)14(19)12-18-15-11-16(20-6-3)17(15)9-7-8-10-17/h13-16,18-19H,4-12H2,1-3H3. The highest BCUT2D eigenvalue weighted by atomic mass is 16.5. The first-order valence-electron chi connectivity index (χ1n) is 8.71. The van der Waals surface area contributed by atoms with Crippen LogP contribution in [-0.2, 0) is 4.74 Å². The van der Waals surface area contributed by atoms with Gasteiger partial charge in [-0.1, -0.05) is 39.5 Å². The van der Waals surface area contributed by atoms with Gasteiger partial charge >= 0.3 is 0 Å². The van der Waals surface area contributed by atoms with E-state index in [4.69, 9.17) is 4.74 Å². The molecule has 0 aromatic rings. The van der Waals surface area contributed by atoms with Crippen molar-refractivity contribution in [3.63, 3.8) is 0 Å². The summed E-state index contributed by atoms with van der Waals surface area (Å²) in [5.41, 5.74) is 0.379. The Bertz CT molecular complexity index is 285. The van der Waals surface area contributed by atoms with Crippen molar-refractivity contribution in [2.45, 2.75) is 84.0 Å². The Morgan fingerprint density at radius 1 is 1.20 bits per heavy atom. The number of nitrogens with one attached hydrogen (secondary N) is 1. The summed E-state index contributed by atoms with van der Waals surface area (Å²) in [7, 11) is 0. The van der Waals surface area contributed by atoms with Crippen LogP contribution in [0.5, 0.6) is 0 Å². The van der Waals surface area contributed by atoms with Crippen molar-refractivity contribution in [1.29, 1.82) is 0 Å². The van der Waals surface area contributed by atoms with Crippen molar-refractivity contribution in [2.75, 3.05) is 13.2 Å². The monoisotopic (exact) mass is 283 g/mol. The van der Waals surface area contributed by atoms with E-state index in [1.165, 1.54) is 25.7 Å². The Morgan fingerprint density at radius 3 is 2.40 bits per heavy atom. The Kier molecular flexibility index (Phi) is 5.88. The average molecular weight is 283 g/mol. The molecular weight excluding hydrogens is 250 g/mol. The molecule has 2 rings (SSSR count). The maximum absolute atomic E-state index is 10.3. The van der Waals surface area contributed by atoms with Crippen LogP contribution in [-0.4, -0.2) is 36.5 Å². The SMILES string of the molecule is CCOC1CC(NCC(O)C(CC)CC)C12CCCC2. The molecule has 0 saturated heterocycles. The summed E-state index contributed by atoms with van der Waals surface area (Å²) in [6, 6.07) is 0.561. The number of ether oxygens (including phenoxy) is 1. The van der Waals surface area contributed by atoms with Crippen molar-refractivity contribution >= 4 is 0 Å². The molecule has 0 aromatic carbocycles.